The number of amides is 1. The van der Waals surface area contributed by atoms with Gasteiger partial charge in [-0.1, -0.05) is 19.3 Å². The molecule has 0 spiro atoms. The Bertz CT molecular complexity index is 470. The Balaban J connectivity index is 2.19. The number of carbonyl (C=O) groups excluding carboxylic acids is 1. The lowest BCUT2D eigenvalue weighted by atomic mass is 9.95. The van der Waals surface area contributed by atoms with E-state index in [-0.39, 0.29) is 25.2 Å². The second kappa shape index (κ2) is 7.43. The first kappa shape index (κ1) is 15.8. The Morgan fingerprint density at radius 1 is 1.24 bits per heavy atom. The van der Waals surface area contributed by atoms with Gasteiger partial charge in [-0.3, -0.25) is 4.79 Å². The molecule has 0 aliphatic heterocycles. The third-order valence-corrected chi connectivity index (χ3v) is 4.05. The summed E-state index contributed by atoms with van der Waals surface area (Å²) in [7, 11) is 1.48. The highest BCUT2D eigenvalue weighted by molar-refractivity contribution is 5.95. The summed E-state index contributed by atoms with van der Waals surface area (Å²) in [6.45, 7) is -0.472. The fourth-order valence-corrected chi connectivity index (χ4v) is 2.85. The molecule has 0 aromatic heterocycles. The van der Waals surface area contributed by atoms with E-state index in [1.807, 2.05) is 0 Å². The van der Waals surface area contributed by atoms with E-state index in [1.165, 1.54) is 13.5 Å². The highest BCUT2D eigenvalue weighted by Crippen LogP contribution is 2.26. The summed E-state index contributed by atoms with van der Waals surface area (Å²) < 4.78 is 5.21. The number of rotatable bonds is 5. The first-order valence-corrected chi connectivity index (χ1v) is 7.42. The number of hydrogen-bond acceptors (Lipinski definition) is 4. The maximum absolute atomic E-state index is 12.3. The lowest BCUT2D eigenvalue weighted by Gasteiger charge is -2.23. The first-order valence-electron chi connectivity index (χ1n) is 7.42. The van der Waals surface area contributed by atoms with Crippen LogP contribution in [0.4, 0.5) is 0 Å². The van der Waals surface area contributed by atoms with Gasteiger partial charge >= 0.3 is 0 Å². The molecule has 5 heteroatoms. The molecule has 21 heavy (non-hydrogen) atoms. The molecule has 116 valence electrons. The van der Waals surface area contributed by atoms with E-state index in [0.717, 1.165) is 25.7 Å². The number of nitrogens with one attached hydrogen (secondary N) is 1. The van der Waals surface area contributed by atoms with E-state index in [1.54, 1.807) is 12.1 Å². The average molecular weight is 293 g/mol. The Morgan fingerprint density at radius 2 is 1.95 bits per heavy atom. The molecule has 1 aromatic carbocycles. The molecule has 5 nitrogen and oxygen atoms in total. The van der Waals surface area contributed by atoms with Gasteiger partial charge in [-0.15, -0.1) is 0 Å². The highest BCUT2D eigenvalue weighted by atomic mass is 16.5. The lowest BCUT2D eigenvalue weighted by molar-refractivity contribution is 0.0927. The van der Waals surface area contributed by atoms with Crippen molar-refractivity contribution >= 4 is 5.91 Å². The summed E-state index contributed by atoms with van der Waals surface area (Å²) in [5, 5.41) is 21.8. The quantitative estimate of drug-likeness (QED) is 0.772. The zero-order chi connectivity index (χ0) is 15.2. The molecule has 0 radical (unpaired) electrons. The summed E-state index contributed by atoms with van der Waals surface area (Å²) in [6, 6.07) is 3.46. The van der Waals surface area contributed by atoms with E-state index in [2.05, 4.69) is 5.32 Å². The summed E-state index contributed by atoms with van der Waals surface area (Å²) in [5.74, 6) is 0.275. The Labute approximate surface area is 124 Å². The van der Waals surface area contributed by atoms with Gasteiger partial charge in [0, 0.05) is 17.2 Å². The molecule has 0 unspecified atom stereocenters. The van der Waals surface area contributed by atoms with Crippen molar-refractivity contribution < 1.29 is 19.7 Å². The van der Waals surface area contributed by atoms with Crippen molar-refractivity contribution in [2.24, 2.45) is 0 Å². The smallest absolute Gasteiger partial charge is 0.251 e. The molecular formula is C16H23NO4. The third-order valence-electron chi connectivity index (χ3n) is 4.05. The fraction of sp³-hybridized carbons (Fsp3) is 0.562. The van der Waals surface area contributed by atoms with Crippen LogP contribution in [0.5, 0.6) is 5.75 Å². The van der Waals surface area contributed by atoms with Crippen molar-refractivity contribution in [3.8, 4) is 5.75 Å². The maximum atomic E-state index is 12.3. The SMILES string of the molecule is COc1cc(C(=O)NC2CCCCC2)cc(CO)c1CO. The minimum absolute atomic E-state index is 0.153. The predicted molar refractivity (Wildman–Crippen MR) is 79.2 cm³/mol. The predicted octanol–water partition coefficient (Wildman–Crippen LogP) is 1.74. The van der Waals surface area contributed by atoms with Gasteiger partial charge in [0.2, 0.25) is 0 Å². The van der Waals surface area contributed by atoms with Gasteiger partial charge in [0.1, 0.15) is 5.75 Å². The van der Waals surface area contributed by atoms with Crippen LogP contribution < -0.4 is 10.1 Å². The summed E-state index contributed by atoms with van der Waals surface area (Å²) in [4.78, 5) is 12.3. The van der Waals surface area contributed by atoms with Gasteiger partial charge in [-0.25, -0.2) is 0 Å². The van der Waals surface area contributed by atoms with Gasteiger partial charge in [0.15, 0.2) is 0 Å². The largest absolute Gasteiger partial charge is 0.496 e. The zero-order valence-corrected chi connectivity index (χ0v) is 12.4. The monoisotopic (exact) mass is 293 g/mol. The van der Waals surface area contributed by atoms with Crippen LogP contribution in [0.2, 0.25) is 0 Å². The van der Waals surface area contributed by atoms with Crippen molar-refractivity contribution in [3.63, 3.8) is 0 Å². The molecule has 1 aliphatic rings. The zero-order valence-electron chi connectivity index (χ0n) is 12.4. The molecule has 1 amide bonds. The third kappa shape index (κ3) is 3.74. The van der Waals surface area contributed by atoms with E-state index < -0.39 is 0 Å². The van der Waals surface area contributed by atoms with Crippen molar-refractivity contribution in [2.45, 2.75) is 51.4 Å². The van der Waals surface area contributed by atoms with Gasteiger partial charge in [-0.05, 0) is 30.5 Å². The second-order valence-electron chi connectivity index (χ2n) is 5.44. The molecule has 1 aliphatic carbocycles. The number of benzene rings is 1. The van der Waals surface area contributed by atoms with Gasteiger partial charge in [0.05, 0.1) is 20.3 Å². The van der Waals surface area contributed by atoms with Crippen LogP contribution in [0, 0.1) is 0 Å². The first-order chi connectivity index (χ1) is 10.2. The van der Waals surface area contributed by atoms with Gasteiger partial charge in [0.25, 0.3) is 5.91 Å². The van der Waals surface area contributed by atoms with Crippen molar-refractivity contribution in [1.82, 2.24) is 5.32 Å². The van der Waals surface area contributed by atoms with E-state index in [9.17, 15) is 15.0 Å². The molecule has 1 fully saturated rings. The summed E-state index contributed by atoms with van der Waals surface area (Å²) in [5.41, 5.74) is 1.50. The maximum Gasteiger partial charge on any atom is 0.251 e. The number of ether oxygens (including phenoxy) is 1. The lowest BCUT2D eigenvalue weighted by Crippen LogP contribution is -2.36. The Morgan fingerprint density at radius 3 is 2.52 bits per heavy atom. The van der Waals surface area contributed by atoms with E-state index in [0.29, 0.717) is 22.4 Å². The van der Waals surface area contributed by atoms with E-state index in [4.69, 9.17) is 4.74 Å². The van der Waals surface area contributed by atoms with Crippen LogP contribution >= 0.6 is 0 Å². The van der Waals surface area contributed by atoms with Crippen LogP contribution in [-0.4, -0.2) is 29.3 Å². The molecule has 0 heterocycles. The number of methoxy groups -OCH3 is 1. The highest BCUT2D eigenvalue weighted by Gasteiger charge is 2.19. The number of hydrogen-bond donors (Lipinski definition) is 3. The standard InChI is InChI=1S/C16H23NO4/c1-21-15-8-11(7-12(9-18)14(15)10-19)16(20)17-13-5-3-2-4-6-13/h7-8,13,18-19H,2-6,9-10H2,1H3,(H,17,20). The average Bonchev–Trinajstić information content (AvgIpc) is 2.54. The number of carbonyl (C=O) groups is 1. The molecule has 2 rings (SSSR count). The number of aliphatic hydroxyl groups is 2. The number of aliphatic hydroxyl groups excluding tert-OH is 2. The van der Waals surface area contributed by atoms with Crippen molar-refractivity contribution in [1.29, 1.82) is 0 Å². The Kier molecular flexibility index (Phi) is 5.59. The van der Waals surface area contributed by atoms with Gasteiger partial charge < -0.3 is 20.3 Å². The second-order valence-corrected chi connectivity index (χ2v) is 5.44. The molecular weight excluding hydrogens is 270 g/mol. The van der Waals surface area contributed by atoms with Crippen molar-refractivity contribution in [2.75, 3.05) is 7.11 Å². The normalized spacial score (nSPS) is 15.8. The molecule has 0 bridgehead atoms. The van der Waals surface area contributed by atoms with Crippen LogP contribution in [0.1, 0.15) is 53.6 Å². The summed E-state index contributed by atoms with van der Waals surface area (Å²) in [6.07, 6.45) is 5.58. The Hall–Kier alpha value is -1.59. The van der Waals surface area contributed by atoms with Crippen LogP contribution in [0.3, 0.4) is 0 Å². The van der Waals surface area contributed by atoms with Gasteiger partial charge in [-0.2, -0.15) is 0 Å². The minimum atomic E-state index is -0.239. The molecule has 0 saturated heterocycles. The molecule has 1 saturated carbocycles. The molecule has 0 atom stereocenters. The van der Waals surface area contributed by atoms with Crippen LogP contribution in [-0.2, 0) is 13.2 Å². The summed E-state index contributed by atoms with van der Waals surface area (Å²) >= 11 is 0. The van der Waals surface area contributed by atoms with Crippen molar-refractivity contribution in [3.05, 3.63) is 28.8 Å². The molecule has 3 N–H and O–H groups in total. The van der Waals surface area contributed by atoms with Crippen LogP contribution in [0.25, 0.3) is 0 Å². The van der Waals surface area contributed by atoms with E-state index >= 15 is 0 Å². The topological polar surface area (TPSA) is 78.8 Å². The minimum Gasteiger partial charge on any atom is -0.496 e. The van der Waals surface area contributed by atoms with Crippen LogP contribution in [0.15, 0.2) is 12.1 Å². The fourth-order valence-electron chi connectivity index (χ4n) is 2.85. The molecule has 1 aromatic rings.